The van der Waals surface area contributed by atoms with Crippen LogP contribution in [0.4, 0.5) is 0 Å². The predicted molar refractivity (Wildman–Crippen MR) is 315 cm³/mol. The fourth-order valence-corrected chi connectivity index (χ4v) is 10.0. The number of aliphatic hydroxyl groups is 6. The van der Waals surface area contributed by atoms with E-state index < -0.39 is 55.4 Å². The highest BCUT2D eigenvalue weighted by atomic mass is 16.5. The molecular formula is C60H112N10O12. The summed E-state index contributed by atoms with van der Waals surface area (Å²) in [6.45, 7) is 18.4. The van der Waals surface area contributed by atoms with Crippen LogP contribution in [0.2, 0.25) is 0 Å². The maximum Gasteiger partial charge on any atom is 0.242 e. The first-order valence-electron chi connectivity index (χ1n) is 31.2. The normalized spacial score (nSPS) is 16.4. The van der Waals surface area contributed by atoms with Crippen LogP contribution in [0, 0.1) is 35.5 Å². The number of ether oxygens (including phenoxy) is 2. The zero-order valence-electron chi connectivity index (χ0n) is 51.4. The third-order valence-corrected chi connectivity index (χ3v) is 16.3. The van der Waals surface area contributed by atoms with Crippen LogP contribution in [0.3, 0.4) is 0 Å². The van der Waals surface area contributed by atoms with Crippen molar-refractivity contribution < 1.29 is 59.3 Å². The van der Waals surface area contributed by atoms with E-state index in [-0.39, 0.29) is 72.6 Å². The first kappa shape index (κ1) is 73.9. The van der Waals surface area contributed by atoms with Crippen LogP contribution in [0.25, 0.3) is 0 Å². The van der Waals surface area contributed by atoms with Gasteiger partial charge >= 0.3 is 0 Å². The Balaban J connectivity index is 1.76. The van der Waals surface area contributed by atoms with Gasteiger partial charge in [-0.1, -0.05) is 91.5 Å². The molecule has 22 nitrogen and oxygen atoms in total. The largest absolute Gasteiger partial charge is 0.394 e. The van der Waals surface area contributed by atoms with Crippen LogP contribution in [-0.4, -0.2) is 159 Å². The van der Waals surface area contributed by atoms with Crippen LogP contribution in [0.5, 0.6) is 0 Å². The number of unbranched alkanes of at least 4 members (excludes halogenated alkanes) is 6. The van der Waals surface area contributed by atoms with Gasteiger partial charge in [-0.05, 0) is 151 Å². The molecule has 2 heterocycles. The molecule has 2 rings (SSSR count). The van der Waals surface area contributed by atoms with Gasteiger partial charge in [-0.2, -0.15) is 0 Å². The summed E-state index contributed by atoms with van der Waals surface area (Å²) >= 11 is 0. The lowest BCUT2D eigenvalue weighted by molar-refractivity contribution is -0.128. The molecule has 2 aromatic heterocycles. The summed E-state index contributed by atoms with van der Waals surface area (Å²) in [6, 6.07) is -2.17. The summed E-state index contributed by atoms with van der Waals surface area (Å²) in [7, 11) is 0. The van der Waals surface area contributed by atoms with Crippen molar-refractivity contribution in [1.29, 1.82) is 0 Å². The van der Waals surface area contributed by atoms with Gasteiger partial charge in [0, 0.05) is 51.5 Å². The Morgan fingerprint density at radius 3 is 1.24 bits per heavy atom. The van der Waals surface area contributed by atoms with Gasteiger partial charge in [0.25, 0.3) is 0 Å². The maximum atomic E-state index is 12.1. The van der Waals surface area contributed by atoms with Crippen molar-refractivity contribution in [2.24, 2.45) is 47.0 Å². The number of aliphatic hydroxyl groups excluding tert-OH is 6. The van der Waals surface area contributed by atoms with E-state index >= 15 is 0 Å². The maximum absolute atomic E-state index is 12.1. The summed E-state index contributed by atoms with van der Waals surface area (Å²) in [5.41, 5.74) is 11.9. The molecule has 4 amide bonds. The van der Waals surface area contributed by atoms with Crippen molar-refractivity contribution in [3.8, 4) is 0 Å². The van der Waals surface area contributed by atoms with Gasteiger partial charge in [-0.25, -0.2) is 0 Å². The Bertz CT molecular complexity index is 2010. The van der Waals surface area contributed by atoms with Crippen molar-refractivity contribution in [3.63, 3.8) is 0 Å². The van der Waals surface area contributed by atoms with E-state index in [0.717, 1.165) is 102 Å². The molecule has 0 saturated heterocycles. The number of carbonyl (C=O) groups excluding carboxylic acids is 4. The lowest BCUT2D eigenvalue weighted by Crippen LogP contribution is -2.46. The number of hydrogen-bond acceptors (Lipinski definition) is 16. The highest BCUT2D eigenvalue weighted by Gasteiger charge is 2.27. The smallest absolute Gasteiger partial charge is 0.242 e. The zero-order chi connectivity index (χ0) is 61.0. The number of aryl methyl sites for hydroxylation is 4. The molecule has 474 valence electrons. The molecular weight excluding hydrogens is 1050 g/mol. The number of nitrogens with two attached hydrogens (primary N) is 2. The van der Waals surface area contributed by atoms with E-state index in [4.69, 9.17) is 20.9 Å². The number of carbonyl (C=O) groups is 4. The second kappa shape index (κ2) is 42.6. The molecule has 0 aliphatic heterocycles. The Morgan fingerprint density at radius 2 is 0.841 bits per heavy atom. The summed E-state index contributed by atoms with van der Waals surface area (Å²) in [5, 5.41) is 84.3. The number of aromatic nitrogens is 6. The number of hydrogen-bond donors (Lipinski definition) is 10. The summed E-state index contributed by atoms with van der Waals surface area (Å²) in [6.07, 6.45) is 19.4. The van der Waals surface area contributed by atoms with Crippen LogP contribution in [0.1, 0.15) is 208 Å². The molecule has 22 heteroatoms. The van der Waals surface area contributed by atoms with E-state index in [9.17, 15) is 49.8 Å². The summed E-state index contributed by atoms with van der Waals surface area (Å²) in [4.78, 5) is 46.7. The van der Waals surface area contributed by atoms with E-state index in [2.05, 4.69) is 72.8 Å². The third-order valence-electron chi connectivity index (χ3n) is 16.3. The average molecular weight is 1170 g/mol. The molecule has 0 fully saturated rings. The van der Waals surface area contributed by atoms with Gasteiger partial charge in [-0.15, -0.1) is 10.2 Å². The lowest BCUT2D eigenvalue weighted by Gasteiger charge is -2.29. The Hall–Kier alpha value is -4.16. The molecule has 2 aromatic rings. The molecule has 0 aliphatic rings. The molecule has 0 aliphatic carbocycles. The molecule has 0 aromatic carbocycles. The van der Waals surface area contributed by atoms with E-state index in [1.807, 2.05) is 35.6 Å². The minimum absolute atomic E-state index is 0.000604. The molecule has 12 atom stereocenters. The molecule has 0 spiro atoms. The van der Waals surface area contributed by atoms with Gasteiger partial charge in [0.1, 0.15) is 12.1 Å². The van der Waals surface area contributed by atoms with Gasteiger partial charge in [0.2, 0.25) is 23.6 Å². The van der Waals surface area contributed by atoms with Crippen LogP contribution < -0.4 is 22.1 Å². The molecule has 12 N–H and O–H groups in total. The quantitative estimate of drug-likeness (QED) is 0.0379. The summed E-state index contributed by atoms with van der Waals surface area (Å²) < 4.78 is 16.6. The summed E-state index contributed by atoms with van der Waals surface area (Å²) in [5.74, 6) is -1.41. The molecule has 0 bridgehead atoms. The highest BCUT2D eigenvalue weighted by molar-refractivity contribution is 5.87. The van der Waals surface area contributed by atoms with Crippen LogP contribution in [0.15, 0.2) is 12.4 Å². The molecule has 0 saturated carbocycles. The third kappa shape index (κ3) is 32.2. The van der Waals surface area contributed by atoms with Crippen LogP contribution in [-0.2, 0) is 54.6 Å². The second-order valence-corrected chi connectivity index (χ2v) is 24.3. The van der Waals surface area contributed by atoms with E-state index in [1.54, 1.807) is 0 Å². The number of nitrogens with one attached hydrogen (secondary N) is 2. The standard InChI is InChI=1S/C60H112N10O12/c1-41(2)51(73)27-23-43(5)53(75)29-25-46(8)56(82-36-16-12-10-14-34-70-38-48(66-68-70)20-18-22-58(78)64-50(40-72)60(62)80)32-30-54(76)44(6)24-28-52(74)45(7)26-31-55(42(3)4)81-35-15-11-9-13-33-69-37-47(65-67-69)19-17-21-57(77)63-49(39-71)59(61)79/h37-38,41-46,49-56,71-76H,9-36,39-40H2,1-8H3,(H2,61,79)(H2,62,80)(H,63,77)(H,64,78)/t43?,44?,45?,46?,49-,50-,51?,52?,53?,54?,55?,56?/m0/s1. The van der Waals surface area contributed by atoms with Gasteiger partial charge in [-0.3, -0.25) is 28.5 Å². The fourth-order valence-electron chi connectivity index (χ4n) is 10.0. The SMILES string of the molecule is CC(C)C(O)CCC(C)C(O)CCC(C)C(CCC(O)C(C)CCC(O)C(C)CCC(OCCCCCCn1cc(CCCC(=O)N[C@@H](CO)C(N)=O)nn1)C(C)C)OCCCCCCn1cc(CCCC(=O)N[C@@H](CO)C(N)=O)nn1. The van der Waals surface area contributed by atoms with Gasteiger partial charge < -0.3 is 62.2 Å². The lowest BCUT2D eigenvalue weighted by atomic mass is 9.86. The second-order valence-electron chi connectivity index (χ2n) is 24.3. The van der Waals surface area contributed by atoms with Crippen molar-refractivity contribution >= 4 is 23.6 Å². The molecule has 10 unspecified atom stereocenters. The average Bonchev–Trinajstić information content (AvgIpc) is 4.12. The van der Waals surface area contributed by atoms with Gasteiger partial charge in [0.05, 0.1) is 61.2 Å². The van der Waals surface area contributed by atoms with E-state index in [0.29, 0.717) is 83.3 Å². The van der Waals surface area contributed by atoms with E-state index in [1.165, 1.54) is 0 Å². The highest BCUT2D eigenvalue weighted by Crippen LogP contribution is 2.28. The first-order valence-corrected chi connectivity index (χ1v) is 31.2. The monoisotopic (exact) mass is 1160 g/mol. The molecule has 0 radical (unpaired) electrons. The fraction of sp³-hybridized carbons (Fsp3) is 0.867. The van der Waals surface area contributed by atoms with Crippen molar-refractivity contribution in [1.82, 2.24) is 40.6 Å². The Kier molecular flexibility index (Phi) is 38.4. The first-order chi connectivity index (χ1) is 39.0. The van der Waals surface area contributed by atoms with Gasteiger partial charge in [0.15, 0.2) is 0 Å². The van der Waals surface area contributed by atoms with Crippen molar-refractivity contribution in [2.75, 3.05) is 26.4 Å². The predicted octanol–water partition coefficient (Wildman–Crippen LogP) is 5.23. The topological polar surface area (TPSA) is 346 Å². The number of nitrogens with zero attached hydrogens (tertiary/aromatic N) is 6. The number of amides is 4. The van der Waals surface area contributed by atoms with Crippen molar-refractivity contribution in [2.45, 2.75) is 271 Å². The number of rotatable bonds is 51. The van der Waals surface area contributed by atoms with Crippen molar-refractivity contribution in [3.05, 3.63) is 23.8 Å². The Labute approximate surface area is 490 Å². The minimum atomic E-state index is -1.09. The Morgan fingerprint density at radius 1 is 0.476 bits per heavy atom. The van der Waals surface area contributed by atoms with Crippen LogP contribution >= 0.6 is 0 Å². The number of primary amides is 2. The minimum Gasteiger partial charge on any atom is -0.394 e. The molecule has 82 heavy (non-hydrogen) atoms. The zero-order valence-corrected chi connectivity index (χ0v) is 51.4.